The SMILES string of the molecule is Cc1noc(C)c1CC(=O)NCc1nccnc1-c1cccs1. The van der Waals surface area contributed by atoms with Gasteiger partial charge in [-0.25, -0.2) is 0 Å². The minimum Gasteiger partial charge on any atom is -0.361 e. The lowest BCUT2D eigenvalue weighted by molar-refractivity contribution is -0.120. The molecule has 0 bridgehead atoms. The zero-order chi connectivity index (χ0) is 16.2. The molecule has 0 saturated carbocycles. The zero-order valence-electron chi connectivity index (χ0n) is 12.9. The number of aryl methyl sites for hydroxylation is 2. The quantitative estimate of drug-likeness (QED) is 0.779. The average molecular weight is 328 g/mol. The Hall–Kier alpha value is -2.54. The molecule has 0 atom stereocenters. The summed E-state index contributed by atoms with van der Waals surface area (Å²) in [5.74, 6) is 0.582. The van der Waals surface area contributed by atoms with Crippen LogP contribution in [0.5, 0.6) is 0 Å². The summed E-state index contributed by atoms with van der Waals surface area (Å²) in [5, 5.41) is 8.74. The van der Waals surface area contributed by atoms with Crippen LogP contribution in [-0.2, 0) is 17.8 Å². The second kappa shape index (κ2) is 6.70. The van der Waals surface area contributed by atoms with Crippen molar-refractivity contribution in [2.24, 2.45) is 0 Å². The van der Waals surface area contributed by atoms with Gasteiger partial charge in [0.15, 0.2) is 0 Å². The lowest BCUT2D eigenvalue weighted by atomic mass is 10.1. The van der Waals surface area contributed by atoms with Gasteiger partial charge in [-0.1, -0.05) is 11.2 Å². The molecule has 0 aliphatic heterocycles. The topological polar surface area (TPSA) is 80.9 Å². The highest BCUT2D eigenvalue weighted by Gasteiger charge is 2.14. The third kappa shape index (κ3) is 3.45. The predicted molar refractivity (Wildman–Crippen MR) is 86.9 cm³/mol. The van der Waals surface area contributed by atoms with Crippen molar-refractivity contribution in [3.63, 3.8) is 0 Å². The van der Waals surface area contributed by atoms with Gasteiger partial charge in [0.25, 0.3) is 0 Å². The first-order valence-corrected chi connectivity index (χ1v) is 8.05. The van der Waals surface area contributed by atoms with E-state index in [-0.39, 0.29) is 12.3 Å². The molecule has 1 amide bonds. The van der Waals surface area contributed by atoms with Gasteiger partial charge >= 0.3 is 0 Å². The Kier molecular flexibility index (Phi) is 4.47. The maximum absolute atomic E-state index is 12.2. The van der Waals surface area contributed by atoms with E-state index >= 15 is 0 Å². The number of nitrogens with one attached hydrogen (secondary N) is 1. The number of aromatic nitrogens is 3. The molecule has 0 unspecified atom stereocenters. The van der Waals surface area contributed by atoms with Gasteiger partial charge < -0.3 is 9.84 Å². The van der Waals surface area contributed by atoms with Crippen molar-refractivity contribution < 1.29 is 9.32 Å². The predicted octanol–water partition coefficient (Wildman–Crippen LogP) is 2.67. The Labute approximate surface area is 137 Å². The first kappa shape index (κ1) is 15.4. The van der Waals surface area contributed by atoms with Crippen LogP contribution in [0.15, 0.2) is 34.4 Å². The van der Waals surface area contributed by atoms with Crippen molar-refractivity contribution in [3.8, 4) is 10.6 Å². The summed E-state index contributed by atoms with van der Waals surface area (Å²) in [6.07, 6.45) is 3.53. The number of nitrogens with zero attached hydrogens (tertiary/aromatic N) is 3. The van der Waals surface area contributed by atoms with Gasteiger partial charge in [0, 0.05) is 18.0 Å². The Morgan fingerprint density at radius 3 is 2.83 bits per heavy atom. The molecule has 0 aliphatic carbocycles. The van der Waals surface area contributed by atoms with Gasteiger partial charge in [0.2, 0.25) is 5.91 Å². The molecule has 118 valence electrons. The Morgan fingerprint density at radius 1 is 1.30 bits per heavy atom. The molecule has 0 radical (unpaired) electrons. The lowest BCUT2D eigenvalue weighted by Crippen LogP contribution is -2.25. The molecule has 0 spiro atoms. The second-order valence-electron chi connectivity index (χ2n) is 5.09. The highest BCUT2D eigenvalue weighted by atomic mass is 32.1. The van der Waals surface area contributed by atoms with Crippen molar-refractivity contribution in [2.75, 3.05) is 0 Å². The number of thiophene rings is 1. The van der Waals surface area contributed by atoms with Crippen LogP contribution in [0.4, 0.5) is 0 Å². The van der Waals surface area contributed by atoms with Gasteiger partial charge in [-0.2, -0.15) is 0 Å². The number of hydrogen-bond acceptors (Lipinski definition) is 6. The first-order valence-electron chi connectivity index (χ1n) is 7.17. The van der Waals surface area contributed by atoms with E-state index in [9.17, 15) is 4.79 Å². The minimum atomic E-state index is -0.0952. The van der Waals surface area contributed by atoms with Crippen LogP contribution >= 0.6 is 11.3 Å². The largest absolute Gasteiger partial charge is 0.361 e. The van der Waals surface area contributed by atoms with Crippen LogP contribution in [0.3, 0.4) is 0 Å². The molecule has 7 heteroatoms. The second-order valence-corrected chi connectivity index (χ2v) is 6.03. The van der Waals surface area contributed by atoms with Gasteiger partial charge in [-0.05, 0) is 25.3 Å². The molecule has 0 saturated heterocycles. The Bertz CT molecular complexity index is 792. The lowest BCUT2D eigenvalue weighted by Gasteiger charge is -2.07. The molecule has 0 fully saturated rings. The fraction of sp³-hybridized carbons (Fsp3) is 0.250. The van der Waals surface area contributed by atoms with Crippen LogP contribution in [-0.4, -0.2) is 21.0 Å². The molecule has 0 aliphatic rings. The number of carbonyl (C=O) groups is 1. The molecular weight excluding hydrogens is 312 g/mol. The maximum atomic E-state index is 12.2. The number of amides is 1. The van der Waals surface area contributed by atoms with Gasteiger partial charge in [0.1, 0.15) is 11.5 Å². The van der Waals surface area contributed by atoms with E-state index in [1.54, 1.807) is 30.7 Å². The molecule has 0 aromatic carbocycles. The third-order valence-electron chi connectivity index (χ3n) is 3.50. The minimum absolute atomic E-state index is 0.0952. The third-order valence-corrected chi connectivity index (χ3v) is 4.38. The Balaban J connectivity index is 1.68. The fourth-order valence-corrected chi connectivity index (χ4v) is 3.02. The molecule has 23 heavy (non-hydrogen) atoms. The highest BCUT2D eigenvalue weighted by molar-refractivity contribution is 7.13. The monoisotopic (exact) mass is 328 g/mol. The highest BCUT2D eigenvalue weighted by Crippen LogP contribution is 2.24. The molecule has 3 aromatic rings. The van der Waals surface area contributed by atoms with Gasteiger partial charge in [0.05, 0.1) is 29.2 Å². The van der Waals surface area contributed by atoms with E-state index in [1.807, 2.05) is 24.4 Å². The van der Waals surface area contributed by atoms with E-state index in [0.717, 1.165) is 27.5 Å². The van der Waals surface area contributed by atoms with Crippen LogP contribution in [0.25, 0.3) is 10.6 Å². The number of rotatable bonds is 5. The summed E-state index contributed by atoms with van der Waals surface area (Å²) >= 11 is 1.60. The van der Waals surface area contributed by atoms with Crippen LogP contribution in [0, 0.1) is 13.8 Å². The molecule has 6 nitrogen and oxygen atoms in total. The van der Waals surface area contributed by atoms with E-state index in [0.29, 0.717) is 12.3 Å². The van der Waals surface area contributed by atoms with Crippen LogP contribution in [0.2, 0.25) is 0 Å². The van der Waals surface area contributed by atoms with Crippen molar-refractivity contribution >= 4 is 17.2 Å². The zero-order valence-corrected chi connectivity index (χ0v) is 13.7. The smallest absolute Gasteiger partial charge is 0.224 e. The van der Waals surface area contributed by atoms with Gasteiger partial charge in [-0.15, -0.1) is 11.3 Å². The average Bonchev–Trinajstić information content (AvgIpc) is 3.19. The van der Waals surface area contributed by atoms with E-state index in [4.69, 9.17) is 4.52 Å². The summed E-state index contributed by atoms with van der Waals surface area (Å²) in [7, 11) is 0. The van der Waals surface area contributed by atoms with E-state index in [1.165, 1.54) is 0 Å². The van der Waals surface area contributed by atoms with Crippen molar-refractivity contribution in [3.05, 3.63) is 52.6 Å². The van der Waals surface area contributed by atoms with E-state index in [2.05, 4.69) is 20.4 Å². The standard InChI is InChI=1S/C16H16N4O2S/c1-10-12(11(2)22-20-10)8-15(21)19-9-13-16(18-6-5-17-13)14-4-3-7-23-14/h3-7H,8-9H2,1-2H3,(H,19,21). The summed E-state index contributed by atoms with van der Waals surface area (Å²) in [6, 6.07) is 3.96. The number of carbonyl (C=O) groups excluding carboxylic acids is 1. The normalized spacial score (nSPS) is 10.7. The molecule has 3 rings (SSSR count). The maximum Gasteiger partial charge on any atom is 0.224 e. The summed E-state index contributed by atoms with van der Waals surface area (Å²) in [6.45, 7) is 3.97. The van der Waals surface area contributed by atoms with Crippen LogP contribution in [0.1, 0.15) is 22.7 Å². The molecule has 3 heterocycles. The van der Waals surface area contributed by atoms with Crippen molar-refractivity contribution in [1.82, 2.24) is 20.4 Å². The first-order chi connectivity index (χ1) is 11.1. The van der Waals surface area contributed by atoms with Crippen LogP contribution < -0.4 is 5.32 Å². The van der Waals surface area contributed by atoms with E-state index < -0.39 is 0 Å². The van der Waals surface area contributed by atoms with Crippen molar-refractivity contribution in [2.45, 2.75) is 26.8 Å². The molecular formula is C16H16N4O2S. The molecule has 3 aromatic heterocycles. The van der Waals surface area contributed by atoms with Crippen molar-refractivity contribution in [1.29, 1.82) is 0 Å². The summed E-state index contributed by atoms with van der Waals surface area (Å²) in [4.78, 5) is 21.9. The fourth-order valence-electron chi connectivity index (χ4n) is 2.27. The summed E-state index contributed by atoms with van der Waals surface area (Å²) in [5.41, 5.74) is 3.14. The number of hydrogen-bond donors (Lipinski definition) is 1. The molecule has 1 N–H and O–H groups in total. The van der Waals surface area contributed by atoms with Gasteiger partial charge in [-0.3, -0.25) is 14.8 Å². The Morgan fingerprint density at radius 2 is 2.13 bits per heavy atom. The summed E-state index contributed by atoms with van der Waals surface area (Å²) < 4.78 is 5.08.